The fourth-order valence-electron chi connectivity index (χ4n) is 3.99. The predicted molar refractivity (Wildman–Crippen MR) is 125 cm³/mol. The van der Waals surface area contributed by atoms with Crippen molar-refractivity contribution in [1.29, 1.82) is 0 Å². The summed E-state index contributed by atoms with van der Waals surface area (Å²) in [5.41, 5.74) is 3.02. The van der Waals surface area contributed by atoms with Crippen molar-refractivity contribution in [2.45, 2.75) is 19.5 Å². The van der Waals surface area contributed by atoms with Gasteiger partial charge in [-0.3, -0.25) is 15.0 Å². The molecule has 1 unspecified atom stereocenters. The Hall–Kier alpha value is -4.31. The molecule has 3 aromatic carbocycles. The van der Waals surface area contributed by atoms with Crippen LogP contribution in [-0.4, -0.2) is 49.3 Å². The first-order chi connectivity index (χ1) is 16.4. The lowest BCUT2D eigenvalue weighted by Gasteiger charge is -2.28. The van der Waals surface area contributed by atoms with Gasteiger partial charge in [0.25, 0.3) is 0 Å². The first-order valence-electron chi connectivity index (χ1n) is 10.5. The molecule has 174 valence electrons. The van der Waals surface area contributed by atoms with Gasteiger partial charge in [-0.25, -0.2) is 0 Å². The predicted octanol–water partition coefficient (Wildman–Crippen LogP) is 3.81. The molecule has 0 saturated heterocycles. The average molecular weight is 460 g/mol. The summed E-state index contributed by atoms with van der Waals surface area (Å²) in [7, 11) is 3.25. The van der Waals surface area contributed by atoms with E-state index in [0.29, 0.717) is 17.9 Å². The summed E-state index contributed by atoms with van der Waals surface area (Å²) in [6.07, 6.45) is 0. The summed E-state index contributed by atoms with van der Waals surface area (Å²) in [4.78, 5) is 12.8. The van der Waals surface area contributed by atoms with E-state index in [1.807, 2.05) is 73.5 Å². The number of nitro groups is 1. The molecule has 4 rings (SSSR count). The van der Waals surface area contributed by atoms with Gasteiger partial charge in [0.2, 0.25) is 5.75 Å². The first-order valence-corrected chi connectivity index (χ1v) is 10.5. The molecule has 0 aliphatic carbocycles. The summed E-state index contributed by atoms with van der Waals surface area (Å²) < 4.78 is 6.87. The van der Waals surface area contributed by atoms with Gasteiger partial charge in [0.15, 0.2) is 11.6 Å². The van der Waals surface area contributed by atoms with Gasteiger partial charge in [0.05, 0.1) is 23.8 Å². The van der Waals surface area contributed by atoms with E-state index in [1.54, 1.807) is 10.7 Å². The largest absolute Gasteiger partial charge is 0.500 e. The Kier molecular flexibility index (Phi) is 6.51. The van der Waals surface area contributed by atoms with Crippen LogP contribution in [0.4, 0.5) is 5.69 Å². The van der Waals surface area contributed by atoms with Gasteiger partial charge < -0.3 is 9.84 Å². The molecule has 0 radical (unpaired) electrons. The molecule has 1 aromatic heterocycles. The molecule has 0 spiro atoms. The number of aromatic hydroxyl groups is 1. The summed E-state index contributed by atoms with van der Waals surface area (Å²) in [6, 6.07) is 20.2. The average Bonchev–Trinajstić information content (AvgIpc) is 3.30. The lowest BCUT2D eigenvalue weighted by molar-refractivity contribution is -0.386. The van der Waals surface area contributed by atoms with Crippen LogP contribution in [0.2, 0.25) is 0 Å². The monoisotopic (exact) mass is 460 g/mol. The van der Waals surface area contributed by atoms with Crippen molar-refractivity contribution in [3.05, 3.63) is 99.4 Å². The number of tetrazole rings is 1. The Labute approximate surface area is 196 Å². The molecule has 10 heteroatoms. The summed E-state index contributed by atoms with van der Waals surface area (Å²) >= 11 is 0. The van der Waals surface area contributed by atoms with Gasteiger partial charge in [0, 0.05) is 12.6 Å². The van der Waals surface area contributed by atoms with Gasteiger partial charge in [-0.05, 0) is 53.2 Å². The Morgan fingerprint density at radius 3 is 2.53 bits per heavy atom. The zero-order valence-corrected chi connectivity index (χ0v) is 19.0. The zero-order valence-electron chi connectivity index (χ0n) is 19.0. The number of ether oxygens (including phenoxy) is 1. The number of para-hydroxylation sites is 1. The second-order valence-corrected chi connectivity index (χ2v) is 7.89. The van der Waals surface area contributed by atoms with Crippen molar-refractivity contribution < 1.29 is 14.8 Å². The second kappa shape index (κ2) is 9.67. The Morgan fingerprint density at radius 2 is 1.85 bits per heavy atom. The number of hydrogen-bond donors (Lipinski definition) is 1. The fraction of sp³-hybridized carbons (Fsp3) is 0.208. The van der Waals surface area contributed by atoms with Crippen molar-refractivity contribution >= 4 is 5.69 Å². The maximum absolute atomic E-state index is 11.5. The maximum Gasteiger partial charge on any atom is 0.314 e. The molecule has 4 aromatic rings. The smallest absolute Gasteiger partial charge is 0.314 e. The number of phenols is 1. The lowest BCUT2D eigenvalue weighted by Crippen LogP contribution is -2.28. The SMILES string of the molecule is COc1cc(CN(C)C(c2ccccc2)c2nnnn2-c2ccccc2C)cc([N+](=O)[O-])c1O. The highest BCUT2D eigenvalue weighted by molar-refractivity contribution is 5.57. The number of phenolic OH excluding ortho intramolecular Hbond substituents is 1. The number of methoxy groups -OCH3 is 1. The molecule has 0 aliphatic rings. The summed E-state index contributed by atoms with van der Waals surface area (Å²) in [5.74, 6) is 0.142. The molecule has 1 N–H and O–H groups in total. The van der Waals surface area contributed by atoms with E-state index >= 15 is 0 Å². The van der Waals surface area contributed by atoms with E-state index in [2.05, 4.69) is 15.5 Å². The van der Waals surface area contributed by atoms with Crippen molar-refractivity contribution in [3.63, 3.8) is 0 Å². The van der Waals surface area contributed by atoms with Crippen molar-refractivity contribution in [2.75, 3.05) is 14.2 Å². The maximum atomic E-state index is 11.5. The van der Waals surface area contributed by atoms with Crippen LogP contribution in [0.3, 0.4) is 0 Å². The number of rotatable bonds is 8. The zero-order chi connectivity index (χ0) is 24.2. The number of benzene rings is 3. The molecule has 0 saturated carbocycles. The molecule has 0 bridgehead atoms. The van der Waals surface area contributed by atoms with Crippen LogP contribution in [0.15, 0.2) is 66.7 Å². The Balaban J connectivity index is 1.78. The van der Waals surface area contributed by atoms with Crippen LogP contribution in [0.5, 0.6) is 11.5 Å². The minimum Gasteiger partial charge on any atom is -0.500 e. The van der Waals surface area contributed by atoms with E-state index in [-0.39, 0.29) is 11.8 Å². The number of nitro benzene ring substituents is 1. The van der Waals surface area contributed by atoms with Crippen LogP contribution in [0.1, 0.15) is 28.6 Å². The molecule has 10 nitrogen and oxygen atoms in total. The van der Waals surface area contributed by atoms with Crippen LogP contribution in [0, 0.1) is 17.0 Å². The van der Waals surface area contributed by atoms with E-state index in [1.165, 1.54) is 13.2 Å². The van der Waals surface area contributed by atoms with Gasteiger partial charge in [-0.15, -0.1) is 5.10 Å². The molecule has 34 heavy (non-hydrogen) atoms. The normalized spacial score (nSPS) is 12.0. The van der Waals surface area contributed by atoms with Gasteiger partial charge in [-0.2, -0.15) is 4.68 Å². The summed E-state index contributed by atoms with van der Waals surface area (Å²) in [5, 5.41) is 34.1. The van der Waals surface area contributed by atoms with Gasteiger partial charge in [-0.1, -0.05) is 48.5 Å². The van der Waals surface area contributed by atoms with Crippen molar-refractivity contribution in [2.24, 2.45) is 0 Å². The third-order valence-electron chi connectivity index (χ3n) is 5.60. The third-order valence-corrected chi connectivity index (χ3v) is 5.60. The first kappa shape index (κ1) is 22.9. The molecule has 0 aliphatic heterocycles. The van der Waals surface area contributed by atoms with Crippen molar-refractivity contribution in [3.8, 4) is 17.2 Å². The number of nitrogens with zero attached hydrogens (tertiary/aromatic N) is 6. The Morgan fingerprint density at radius 1 is 1.15 bits per heavy atom. The van der Waals surface area contributed by atoms with E-state index < -0.39 is 16.4 Å². The molecular weight excluding hydrogens is 436 g/mol. The summed E-state index contributed by atoms with van der Waals surface area (Å²) in [6.45, 7) is 2.29. The molecule has 0 amide bonds. The standard InChI is InChI=1S/C24H24N6O4/c1-16-9-7-8-12-19(16)29-24(25-26-27-29)22(18-10-5-4-6-11-18)28(2)15-17-13-20(30(32)33)23(31)21(14-17)34-3/h4-14,22,31H,15H2,1-3H3. The number of aryl methyl sites for hydroxylation is 1. The van der Waals surface area contributed by atoms with Crippen LogP contribution in [0.25, 0.3) is 5.69 Å². The molecular formula is C24H24N6O4. The highest BCUT2D eigenvalue weighted by Crippen LogP contribution is 2.38. The van der Waals surface area contributed by atoms with Crippen LogP contribution >= 0.6 is 0 Å². The minimum absolute atomic E-state index is 0.0404. The van der Waals surface area contributed by atoms with Gasteiger partial charge >= 0.3 is 5.69 Å². The van der Waals surface area contributed by atoms with Gasteiger partial charge in [0.1, 0.15) is 0 Å². The van der Waals surface area contributed by atoms with E-state index in [4.69, 9.17) is 4.74 Å². The second-order valence-electron chi connectivity index (χ2n) is 7.89. The minimum atomic E-state index is -0.630. The number of aromatic nitrogens is 4. The van der Waals surface area contributed by atoms with E-state index in [9.17, 15) is 15.2 Å². The quantitative estimate of drug-likeness (QED) is 0.311. The Bertz CT molecular complexity index is 1310. The highest BCUT2D eigenvalue weighted by atomic mass is 16.6. The topological polar surface area (TPSA) is 119 Å². The van der Waals surface area contributed by atoms with Crippen molar-refractivity contribution in [1.82, 2.24) is 25.1 Å². The highest BCUT2D eigenvalue weighted by Gasteiger charge is 2.28. The van der Waals surface area contributed by atoms with Crippen LogP contribution < -0.4 is 4.74 Å². The molecule has 1 atom stereocenters. The van der Waals surface area contributed by atoms with Crippen LogP contribution in [-0.2, 0) is 6.54 Å². The number of hydrogen-bond acceptors (Lipinski definition) is 8. The molecule has 1 heterocycles. The lowest BCUT2D eigenvalue weighted by atomic mass is 10.0. The van der Waals surface area contributed by atoms with E-state index in [0.717, 1.165) is 16.8 Å². The fourth-order valence-corrected chi connectivity index (χ4v) is 3.99. The third kappa shape index (κ3) is 4.44. The molecule has 0 fully saturated rings.